The van der Waals surface area contributed by atoms with Crippen LogP contribution in [0.2, 0.25) is 5.02 Å². The molecule has 0 bridgehead atoms. The van der Waals surface area contributed by atoms with E-state index in [2.05, 4.69) is 10.6 Å². The summed E-state index contributed by atoms with van der Waals surface area (Å²) in [6.45, 7) is 6.03. The van der Waals surface area contributed by atoms with Gasteiger partial charge in [-0.25, -0.2) is 4.79 Å². The molecular formula is C14H21ClN2O3. The third-order valence-corrected chi connectivity index (χ3v) is 2.92. The van der Waals surface area contributed by atoms with Crippen LogP contribution in [-0.4, -0.2) is 29.9 Å². The molecule has 3 N–H and O–H groups in total. The lowest BCUT2D eigenvalue weighted by Crippen LogP contribution is -2.46. The van der Waals surface area contributed by atoms with E-state index < -0.39 is 5.54 Å². The van der Waals surface area contributed by atoms with Crippen molar-refractivity contribution in [3.05, 3.63) is 23.2 Å². The van der Waals surface area contributed by atoms with E-state index in [9.17, 15) is 4.79 Å². The summed E-state index contributed by atoms with van der Waals surface area (Å²) in [6.07, 6.45) is 0.472. The van der Waals surface area contributed by atoms with E-state index in [1.165, 1.54) is 0 Å². The Balaban J connectivity index is 2.75. The molecule has 0 spiro atoms. The molecule has 0 saturated heterocycles. The van der Waals surface area contributed by atoms with Crippen LogP contribution in [0, 0.1) is 0 Å². The van der Waals surface area contributed by atoms with Gasteiger partial charge in [-0.2, -0.15) is 0 Å². The molecule has 6 heteroatoms. The molecule has 0 aliphatic heterocycles. The van der Waals surface area contributed by atoms with Gasteiger partial charge in [0.25, 0.3) is 0 Å². The predicted molar refractivity (Wildman–Crippen MR) is 80.6 cm³/mol. The molecule has 0 heterocycles. The van der Waals surface area contributed by atoms with E-state index in [0.29, 0.717) is 29.5 Å². The molecule has 1 aromatic carbocycles. The van der Waals surface area contributed by atoms with Gasteiger partial charge >= 0.3 is 6.03 Å². The van der Waals surface area contributed by atoms with Crippen molar-refractivity contribution in [1.82, 2.24) is 5.32 Å². The Hall–Kier alpha value is -1.46. The van der Waals surface area contributed by atoms with Crippen LogP contribution in [0.4, 0.5) is 10.5 Å². The Bertz CT molecular complexity index is 464. The number of urea groups is 1. The number of carbonyl (C=O) groups is 1. The number of benzene rings is 1. The maximum Gasteiger partial charge on any atom is 0.319 e. The first-order valence-electron chi connectivity index (χ1n) is 6.50. The molecule has 112 valence electrons. The lowest BCUT2D eigenvalue weighted by Gasteiger charge is -2.25. The molecule has 0 aliphatic rings. The quantitative estimate of drug-likeness (QED) is 0.756. The molecule has 20 heavy (non-hydrogen) atoms. The number of halogens is 1. The van der Waals surface area contributed by atoms with E-state index in [1.54, 1.807) is 18.2 Å². The van der Waals surface area contributed by atoms with E-state index in [-0.39, 0.29) is 12.6 Å². The number of rotatable bonds is 6. The number of hydrogen-bond donors (Lipinski definition) is 3. The summed E-state index contributed by atoms with van der Waals surface area (Å²) in [4.78, 5) is 12.0. The number of amides is 2. The van der Waals surface area contributed by atoms with Crippen LogP contribution in [-0.2, 0) is 0 Å². The molecule has 0 atom stereocenters. The molecule has 0 radical (unpaired) electrons. The highest BCUT2D eigenvalue weighted by Gasteiger charge is 2.20. The average Bonchev–Trinajstić information content (AvgIpc) is 2.32. The summed E-state index contributed by atoms with van der Waals surface area (Å²) in [6, 6.07) is 4.66. The molecule has 0 fully saturated rings. The van der Waals surface area contributed by atoms with E-state index in [4.69, 9.17) is 21.4 Å². The number of aliphatic hydroxyl groups is 1. The summed E-state index contributed by atoms with van der Waals surface area (Å²) in [5.41, 5.74) is 0.0605. The zero-order chi connectivity index (χ0) is 15.2. The minimum atomic E-state index is -0.489. The summed E-state index contributed by atoms with van der Waals surface area (Å²) in [5, 5.41) is 15.0. The third-order valence-electron chi connectivity index (χ3n) is 2.68. The maximum absolute atomic E-state index is 12.0. The fourth-order valence-electron chi connectivity index (χ4n) is 1.68. The summed E-state index contributed by atoms with van der Waals surface area (Å²) in [7, 11) is 0. The van der Waals surface area contributed by atoms with Gasteiger partial charge in [0.1, 0.15) is 5.75 Å². The molecule has 5 nitrogen and oxygen atoms in total. The summed E-state index contributed by atoms with van der Waals surface area (Å²) >= 11 is 5.90. The lowest BCUT2D eigenvalue weighted by molar-refractivity contribution is 0.218. The van der Waals surface area contributed by atoms with Crippen LogP contribution in [0.15, 0.2) is 18.2 Å². The second-order valence-corrected chi connectivity index (χ2v) is 5.45. The van der Waals surface area contributed by atoms with Gasteiger partial charge in [0.2, 0.25) is 0 Å². The molecule has 1 rings (SSSR count). The monoisotopic (exact) mass is 300 g/mol. The van der Waals surface area contributed by atoms with E-state index in [0.717, 1.165) is 0 Å². The normalized spacial score (nSPS) is 11.1. The van der Waals surface area contributed by atoms with Gasteiger partial charge in [0.05, 0.1) is 12.3 Å². The number of anilines is 1. The number of nitrogens with one attached hydrogen (secondary N) is 2. The van der Waals surface area contributed by atoms with Crippen molar-refractivity contribution in [3.63, 3.8) is 0 Å². The number of ether oxygens (including phenoxy) is 1. The third kappa shape index (κ3) is 5.27. The highest BCUT2D eigenvalue weighted by Crippen LogP contribution is 2.28. The van der Waals surface area contributed by atoms with Gasteiger partial charge in [-0.3, -0.25) is 0 Å². The average molecular weight is 301 g/mol. The second-order valence-electron chi connectivity index (χ2n) is 5.01. The fourth-order valence-corrected chi connectivity index (χ4v) is 1.84. The fraction of sp³-hybridized carbons (Fsp3) is 0.500. The molecule has 1 aromatic rings. The Morgan fingerprint density at radius 3 is 2.75 bits per heavy atom. The Labute approximate surface area is 124 Å². The van der Waals surface area contributed by atoms with Crippen molar-refractivity contribution in [2.75, 3.05) is 18.5 Å². The molecule has 0 saturated carbocycles. The Kier molecular flexibility index (Phi) is 6.10. The van der Waals surface area contributed by atoms with Crippen molar-refractivity contribution in [2.45, 2.75) is 32.7 Å². The first-order chi connectivity index (χ1) is 9.38. The van der Waals surface area contributed by atoms with Crippen LogP contribution in [0.3, 0.4) is 0 Å². The number of aliphatic hydroxyl groups excluding tert-OH is 1. The number of hydrogen-bond acceptors (Lipinski definition) is 3. The highest BCUT2D eigenvalue weighted by molar-refractivity contribution is 6.30. The van der Waals surface area contributed by atoms with Crippen molar-refractivity contribution >= 4 is 23.3 Å². The van der Waals surface area contributed by atoms with Crippen molar-refractivity contribution < 1.29 is 14.6 Å². The van der Waals surface area contributed by atoms with Crippen molar-refractivity contribution in [3.8, 4) is 5.75 Å². The van der Waals surface area contributed by atoms with Gasteiger partial charge < -0.3 is 20.5 Å². The summed E-state index contributed by atoms with van der Waals surface area (Å²) < 4.78 is 5.43. The van der Waals surface area contributed by atoms with Gasteiger partial charge in [-0.05, 0) is 39.3 Å². The van der Waals surface area contributed by atoms with Gasteiger partial charge in [0.15, 0.2) is 0 Å². The minimum Gasteiger partial charge on any atom is -0.492 e. The topological polar surface area (TPSA) is 70.6 Å². The lowest BCUT2D eigenvalue weighted by atomic mass is 10.0. The van der Waals surface area contributed by atoms with E-state index >= 15 is 0 Å². The standard InChI is InChI=1S/C14H21ClN2O3/c1-4-20-12-9-10(15)5-6-11(12)16-13(19)17-14(2,3)7-8-18/h5-6,9,18H,4,7-8H2,1-3H3,(H2,16,17,19). The first kappa shape index (κ1) is 16.6. The van der Waals surface area contributed by atoms with Crippen LogP contribution < -0.4 is 15.4 Å². The van der Waals surface area contributed by atoms with Gasteiger partial charge in [-0.1, -0.05) is 11.6 Å². The first-order valence-corrected chi connectivity index (χ1v) is 6.88. The Morgan fingerprint density at radius 2 is 2.15 bits per heavy atom. The minimum absolute atomic E-state index is 0.0123. The van der Waals surface area contributed by atoms with Crippen LogP contribution >= 0.6 is 11.6 Å². The zero-order valence-electron chi connectivity index (χ0n) is 12.0. The van der Waals surface area contributed by atoms with Crippen molar-refractivity contribution in [2.24, 2.45) is 0 Å². The largest absolute Gasteiger partial charge is 0.492 e. The zero-order valence-corrected chi connectivity index (χ0v) is 12.8. The van der Waals surface area contributed by atoms with Crippen LogP contribution in [0.1, 0.15) is 27.2 Å². The highest BCUT2D eigenvalue weighted by atomic mass is 35.5. The molecule has 0 aliphatic carbocycles. The van der Waals surface area contributed by atoms with Crippen molar-refractivity contribution in [1.29, 1.82) is 0 Å². The SMILES string of the molecule is CCOc1cc(Cl)ccc1NC(=O)NC(C)(C)CCO. The van der Waals surface area contributed by atoms with Gasteiger partial charge in [-0.15, -0.1) is 0 Å². The predicted octanol–water partition coefficient (Wildman–Crippen LogP) is 3.02. The Morgan fingerprint density at radius 1 is 1.45 bits per heavy atom. The van der Waals surface area contributed by atoms with Crippen LogP contribution in [0.5, 0.6) is 5.75 Å². The molecule has 2 amide bonds. The maximum atomic E-state index is 12.0. The smallest absolute Gasteiger partial charge is 0.319 e. The molecule has 0 unspecified atom stereocenters. The van der Waals surface area contributed by atoms with Crippen LogP contribution in [0.25, 0.3) is 0 Å². The second kappa shape index (κ2) is 7.36. The summed E-state index contributed by atoms with van der Waals surface area (Å²) in [5.74, 6) is 0.523. The molecule has 0 aromatic heterocycles. The number of carbonyl (C=O) groups excluding carboxylic acids is 1. The van der Waals surface area contributed by atoms with E-state index in [1.807, 2.05) is 20.8 Å². The molecular weight excluding hydrogens is 280 g/mol. The van der Waals surface area contributed by atoms with Gasteiger partial charge in [0, 0.05) is 23.2 Å².